The first kappa shape index (κ1) is 22.6. The number of carbonyl (C=O) groups excluding carboxylic acids is 1. The minimum absolute atomic E-state index is 0. The minimum atomic E-state index is -0.403. The van der Waals surface area contributed by atoms with Gasteiger partial charge in [-0.2, -0.15) is 0 Å². The number of rotatable bonds is 6. The lowest BCUT2D eigenvalue weighted by Crippen LogP contribution is -2.50. The standard InChI is InChI=1S/C15H25N3O2S.2ClH/c1-4-12(13-17-11(2)9-21-13)18-14(19)15(10-20-3)5-7-16-8-6-15;;/h9,12,16H,4-8,10H2,1-3H3,(H,18,19);2*1H. The van der Waals surface area contributed by atoms with Crippen LogP contribution in [0.25, 0.3) is 0 Å². The largest absolute Gasteiger partial charge is 0.384 e. The number of hydrogen-bond acceptors (Lipinski definition) is 5. The number of hydrogen-bond donors (Lipinski definition) is 2. The van der Waals surface area contributed by atoms with Gasteiger partial charge in [-0.05, 0) is 39.3 Å². The monoisotopic (exact) mass is 383 g/mol. The van der Waals surface area contributed by atoms with E-state index in [2.05, 4.69) is 22.5 Å². The van der Waals surface area contributed by atoms with Gasteiger partial charge in [-0.3, -0.25) is 4.79 Å². The van der Waals surface area contributed by atoms with Crippen molar-refractivity contribution in [3.8, 4) is 0 Å². The first-order chi connectivity index (χ1) is 10.1. The fourth-order valence-electron chi connectivity index (χ4n) is 2.80. The summed E-state index contributed by atoms with van der Waals surface area (Å²) in [4.78, 5) is 17.3. The van der Waals surface area contributed by atoms with Gasteiger partial charge in [0.15, 0.2) is 0 Å². The molecule has 0 bridgehead atoms. The topological polar surface area (TPSA) is 63.2 Å². The van der Waals surface area contributed by atoms with Gasteiger partial charge in [-0.15, -0.1) is 36.2 Å². The highest BCUT2D eigenvalue weighted by molar-refractivity contribution is 7.09. The van der Waals surface area contributed by atoms with E-state index in [0.717, 1.165) is 43.1 Å². The van der Waals surface area contributed by atoms with E-state index in [1.54, 1.807) is 18.4 Å². The molecule has 0 aromatic carbocycles. The molecule has 1 aliphatic heterocycles. The molecule has 0 saturated carbocycles. The Morgan fingerprint density at radius 3 is 2.61 bits per heavy atom. The summed E-state index contributed by atoms with van der Waals surface area (Å²) in [6, 6.07) is -0.000170. The van der Waals surface area contributed by atoms with Crippen LogP contribution in [0.2, 0.25) is 0 Å². The van der Waals surface area contributed by atoms with Crippen LogP contribution in [0.15, 0.2) is 5.38 Å². The fourth-order valence-corrected chi connectivity index (χ4v) is 3.73. The van der Waals surface area contributed by atoms with Crippen molar-refractivity contribution in [3.05, 3.63) is 16.1 Å². The van der Waals surface area contributed by atoms with Crippen molar-refractivity contribution < 1.29 is 9.53 Å². The first-order valence-electron chi connectivity index (χ1n) is 7.54. The molecule has 1 amide bonds. The van der Waals surface area contributed by atoms with Crippen molar-refractivity contribution in [2.45, 2.75) is 39.2 Å². The Kier molecular flexibility index (Phi) is 10.3. The third-order valence-electron chi connectivity index (χ3n) is 4.11. The highest BCUT2D eigenvalue weighted by Crippen LogP contribution is 2.31. The van der Waals surface area contributed by atoms with E-state index in [9.17, 15) is 4.79 Å². The lowest BCUT2D eigenvalue weighted by Gasteiger charge is -2.36. The fraction of sp³-hybridized carbons (Fsp3) is 0.733. The molecule has 1 aliphatic rings. The van der Waals surface area contributed by atoms with Crippen LogP contribution in [0.1, 0.15) is 42.9 Å². The predicted molar refractivity (Wildman–Crippen MR) is 98.9 cm³/mol. The van der Waals surface area contributed by atoms with Crippen LogP contribution in [0.4, 0.5) is 0 Å². The normalized spacial score (nSPS) is 17.5. The second-order valence-corrected chi connectivity index (χ2v) is 6.61. The zero-order chi connectivity index (χ0) is 15.3. The zero-order valence-electron chi connectivity index (χ0n) is 13.9. The van der Waals surface area contributed by atoms with E-state index >= 15 is 0 Å². The number of ether oxygens (including phenoxy) is 1. The van der Waals surface area contributed by atoms with Crippen LogP contribution in [-0.4, -0.2) is 37.7 Å². The molecule has 5 nitrogen and oxygen atoms in total. The van der Waals surface area contributed by atoms with E-state index in [1.807, 2.05) is 12.3 Å². The number of nitrogens with zero attached hydrogens (tertiary/aromatic N) is 1. The molecule has 1 saturated heterocycles. The molecule has 23 heavy (non-hydrogen) atoms. The highest BCUT2D eigenvalue weighted by atomic mass is 35.5. The van der Waals surface area contributed by atoms with Crippen LogP contribution in [-0.2, 0) is 9.53 Å². The average Bonchev–Trinajstić information content (AvgIpc) is 2.92. The van der Waals surface area contributed by atoms with Crippen molar-refractivity contribution in [3.63, 3.8) is 0 Å². The number of nitrogens with one attached hydrogen (secondary N) is 2. The van der Waals surface area contributed by atoms with Crippen LogP contribution in [0.5, 0.6) is 0 Å². The second kappa shape index (κ2) is 10.5. The molecule has 1 aromatic heterocycles. The SMILES string of the molecule is CCC(NC(=O)C1(COC)CCNCC1)c1nc(C)cs1.Cl.Cl. The maximum Gasteiger partial charge on any atom is 0.229 e. The summed E-state index contributed by atoms with van der Waals surface area (Å²) < 4.78 is 5.33. The lowest BCUT2D eigenvalue weighted by atomic mass is 9.78. The maximum absolute atomic E-state index is 12.8. The number of carbonyl (C=O) groups is 1. The molecule has 1 atom stereocenters. The lowest BCUT2D eigenvalue weighted by molar-refractivity contribution is -0.137. The van der Waals surface area contributed by atoms with Gasteiger partial charge in [-0.25, -0.2) is 4.98 Å². The molecule has 0 radical (unpaired) electrons. The molecular weight excluding hydrogens is 357 g/mol. The van der Waals surface area contributed by atoms with E-state index in [4.69, 9.17) is 4.74 Å². The number of aromatic nitrogens is 1. The highest BCUT2D eigenvalue weighted by Gasteiger charge is 2.40. The Morgan fingerprint density at radius 2 is 2.13 bits per heavy atom. The van der Waals surface area contributed by atoms with Crippen LogP contribution < -0.4 is 10.6 Å². The van der Waals surface area contributed by atoms with Gasteiger partial charge < -0.3 is 15.4 Å². The van der Waals surface area contributed by atoms with Gasteiger partial charge in [0.2, 0.25) is 5.91 Å². The number of amides is 1. The third kappa shape index (κ3) is 5.57. The molecule has 2 N–H and O–H groups in total. The van der Waals surface area contributed by atoms with Gasteiger partial charge in [0, 0.05) is 18.2 Å². The molecule has 8 heteroatoms. The minimum Gasteiger partial charge on any atom is -0.384 e. The molecule has 1 aromatic rings. The van der Waals surface area contributed by atoms with Gasteiger partial charge in [0.1, 0.15) is 5.01 Å². The smallest absolute Gasteiger partial charge is 0.229 e. The number of methoxy groups -OCH3 is 1. The Hall–Kier alpha value is -0.400. The Bertz CT molecular complexity index is 474. The molecule has 0 spiro atoms. The number of halogens is 2. The molecule has 1 fully saturated rings. The molecular formula is C15H27Cl2N3O2S. The van der Waals surface area contributed by atoms with Gasteiger partial charge in [0.25, 0.3) is 0 Å². The number of aryl methyl sites for hydroxylation is 1. The summed E-state index contributed by atoms with van der Waals surface area (Å²) in [5.41, 5.74) is 0.607. The van der Waals surface area contributed by atoms with E-state index in [1.165, 1.54) is 0 Å². The van der Waals surface area contributed by atoms with E-state index in [-0.39, 0.29) is 36.8 Å². The zero-order valence-corrected chi connectivity index (χ0v) is 16.3. The van der Waals surface area contributed by atoms with Gasteiger partial charge in [-0.1, -0.05) is 6.92 Å². The quantitative estimate of drug-likeness (QED) is 0.792. The molecule has 2 heterocycles. The molecule has 2 rings (SSSR count). The van der Waals surface area contributed by atoms with Crippen molar-refractivity contribution in [1.29, 1.82) is 0 Å². The molecule has 134 valence electrons. The Morgan fingerprint density at radius 1 is 1.48 bits per heavy atom. The van der Waals surface area contributed by atoms with Crippen molar-refractivity contribution in [2.24, 2.45) is 5.41 Å². The summed E-state index contributed by atoms with van der Waals surface area (Å²) in [5.74, 6) is 0.102. The third-order valence-corrected chi connectivity index (χ3v) is 5.19. The van der Waals surface area contributed by atoms with Crippen molar-refractivity contribution in [2.75, 3.05) is 26.8 Å². The van der Waals surface area contributed by atoms with Crippen LogP contribution in [0, 0.1) is 12.3 Å². The predicted octanol–water partition coefficient (Wildman–Crippen LogP) is 2.88. The van der Waals surface area contributed by atoms with Crippen LogP contribution >= 0.6 is 36.2 Å². The maximum atomic E-state index is 12.8. The average molecular weight is 384 g/mol. The molecule has 0 aliphatic carbocycles. The summed E-state index contributed by atoms with van der Waals surface area (Å²) >= 11 is 1.61. The van der Waals surface area contributed by atoms with Crippen molar-refractivity contribution in [1.82, 2.24) is 15.6 Å². The van der Waals surface area contributed by atoms with Crippen molar-refractivity contribution >= 4 is 42.1 Å². The van der Waals surface area contributed by atoms with E-state index in [0.29, 0.717) is 6.61 Å². The second-order valence-electron chi connectivity index (χ2n) is 5.72. The summed E-state index contributed by atoms with van der Waals surface area (Å²) in [7, 11) is 1.67. The van der Waals surface area contributed by atoms with Gasteiger partial charge >= 0.3 is 0 Å². The molecule has 1 unspecified atom stereocenters. The number of piperidine rings is 1. The van der Waals surface area contributed by atoms with Gasteiger partial charge in [0.05, 0.1) is 18.1 Å². The number of thiazole rings is 1. The Labute approximate surface area is 154 Å². The summed E-state index contributed by atoms with van der Waals surface area (Å²) in [6.45, 7) is 6.27. The van der Waals surface area contributed by atoms with E-state index < -0.39 is 5.41 Å². The summed E-state index contributed by atoms with van der Waals surface area (Å²) in [6.07, 6.45) is 2.49. The first-order valence-corrected chi connectivity index (χ1v) is 8.42. The summed E-state index contributed by atoms with van der Waals surface area (Å²) in [5, 5.41) is 9.52. The van der Waals surface area contributed by atoms with Crippen LogP contribution in [0.3, 0.4) is 0 Å². The Balaban J connectivity index is 0.00000242.